The number of carbonyl (C=O) groups is 2. The van der Waals surface area contributed by atoms with E-state index in [2.05, 4.69) is 5.32 Å². The molecule has 1 saturated heterocycles. The van der Waals surface area contributed by atoms with E-state index in [0.29, 0.717) is 32.0 Å². The Morgan fingerprint density at radius 2 is 1.54 bits per heavy atom. The first kappa shape index (κ1) is 36.9. The number of rotatable bonds is 15. The molecule has 0 aromatic heterocycles. The van der Waals surface area contributed by atoms with E-state index in [1.165, 1.54) is 28.6 Å². The Morgan fingerprint density at radius 1 is 0.917 bits per heavy atom. The second-order valence-corrected chi connectivity index (χ2v) is 14.7. The van der Waals surface area contributed by atoms with Crippen LogP contribution in [0.25, 0.3) is 0 Å². The third kappa shape index (κ3) is 10.0. The fourth-order valence-corrected chi connectivity index (χ4v) is 7.60. The lowest BCUT2D eigenvalue weighted by Crippen LogP contribution is -2.53. The number of sulfonamides is 1. The van der Waals surface area contributed by atoms with Crippen LogP contribution in [0.5, 0.6) is 0 Å². The van der Waals surface area contributed by atoms with Crippen molar-refractivity contribution in [3.63, 3.8) is 0 Å². The molecule has 1 fully saturated rings. The van der Waals surface area contributed by atoms with Crippen LogP contribution in [0.4, 0.5) is 11.4 Å². The number of aliphatic hydroxyl groups is 1. The lowest BCUT2D eigenvalue weighted by molar-refractivity contribution is -0.133. The van der Waals surface area contributed by atoms with Crippen molar-refractivity contribution in [2.24, 2.45) is 5.92 Å². The summed E-state index contributed by atoms with van der Waals surface area (Å²) >= 11 is 0. The van der Waals surface area contributed by atoms with Gasteiger partial charge in [-0.1, -0.05) is 62.4 Å². The van der Waals surface area contributed by atoms with Crippen molar-refractivity contribution in [3.05, 3.63) is 89.5 Å². The van der Waals surface area contributed by atoms with E-state index in [0.717, 1.165) is 22.4 Å². The molecule has 0 bridgehead atoms. The molecular formula is C36H49N5O6S. The first-order valence-electron chi connectivity index (χ1n) is 16.4. The summed E-state index contributed by atoms with van der Waals surface area (Å²) in [6.45, 7) is 9.39. The van der Waals surface area contributed by atoms with Gasteiger partial charge < -0.3 is 30.7 Å². The highest BCUT2D eigenvalue weighted by molar-refractivity contribution is 7.89. The third-order valence-electron chi connectivity index (χ3n) is 8.37. The normalized spacial score (nSPS) is 14.9. The molecule has 0 unspecified atom stereocenters. The van der Waals surface area contributed by atoms with Crippen molar-refractivity contribution in [2.45, 2.75) is 51.2 Å². The number of nitrogens with two attached hydrogens (primary N) is 1. The molecule has 4 rings (SSSR count). The number of amides is 2. The number of ether oxygens (including phenoxy) is 1. The van der Waals surface area contributed by atoms with Crippen LogP contribution in [0.3, 0.4) is 0 Å². The molecule has 2 amide bonds. The molecule has 0 spiro atoms. The Morgan fingerprint density at radius 3 is 2.15 bits per heavy atom. The van der Waals surface area contributed by atoms with Gasteiger partial charge in [0.2, 0.25) is 21.8 Å². The van der Waals surface area contributed by atoms with Crippen molar-refractivity contribution < 1.29 is 27.9 Å². The van der Waals surface area contributed by atoms with Crippen LogP contribution in [-0.4, -0.2) is 99.2 Å². The molecule has 1 aliphatic rings. The highest BCUT2D eigenvalue weighted by Gasteiger charge is 2.32. The second kappa shape index (κ2) is 16.9. The van der Waals surface area contributed by atoms with Gasteiger partial charge in [0.1, 0.15) is 0 Å². The Balaban J connectivity index is 1.59. The maximum absolute atomic E-state index is 13.9. The third-order valence-corrected chi connectivity index (χ3v) is 10.2. The number of aryl methyl sites for hydroxylation is 2. The first-order chi connectivity index (χ1) is 22.8. The van der Waals surface area contributed by atoms with Crippen LogP contribution in [0.1, 0.15) is 30.5 Å². The number of hydrogen-bond donors (Lipinski definition) is 3. The van der Waals surface area contributed by atoms with Crippen LogP contribution in [0, 0.1) is 19.8 Å². The van der Waals surface area contributed by atoms with E-state index in [9.17, 15) is 23.1 Å². The molecule has 260 valence electrons. The van der Waals surface area contributed by atoms with Gasteiger partial charge in [0.05, 0.1) is 43.3 Å². The predicted octanol–water partition coefficient (Wildman–Crippen LogP) is 2.99. The van der Waals surface area contributed by atoms with Gasteiger partial charge in [0.15, 0.2) is 0 Å². The van der Waals surface area contributed by atoms with Crippen LogP contribution in [0.2, 0.25) is 0 Å². The molecule has 3 aromatic carbocycles. The smallest absolute Gasteiger partial charge is 0.243 e. The van der Waals surface area contributed by atoms with Gasteiger partial charge in [-0.2, -0.15) is 4.31 Å². The number of para-hydroxylation sites is 1. The van der Waals surface area contributed by atoms with Crippen molar-refractivity contribution in [1.29, 1.82) is 0 Å². The van der Waals surface area contributed by atoms with Gasteiger partial charge in [0, 0.05) is 37.6 Å². The van der Waals surface area contributed by atoms with Gasteiger partial charge in [0.25, 0.3) is 0 Å². The number of nitrogens with one attached hydrogen (secondary N) is 1. The average molecular weight is 680 g/mol. The molecule has 1 aliphatic heterocycles. The number of nitrogens with zero attached hydrogens (tertiary/aromatic N) is 3. The summed E-state index contributed by atoms with van der Waals surface area (Å²) < 4.78 is 34.2. The lowest BCUT2D eigenvalue weighted by Gasteiger charge is -2.33. The largest absolute Gasteiger partial charge is 0.399 e. The SMILES string of the molecule is Cc1cccc(C)c1N(CC(=O)N[C@@H](Cc1ccccc1)[C@@H](O)CN(CC(C)C)S(=O)(=O)c1ccc(N)cc1)CC(=O)N1CCOCC1. The number of benzene rings is 3. The number of carbonyl (C=O) groups excluding carboxylic acids is 2. The minimum atomic E-state index is -3.99. The highest BCUT2D eigenvalue weighted by atomic mass is 32.2. The molecule has 1 heterocycles. The summed E-state index contributed by atoms with van der Waals surface area (Å²) in [6, 6.07) is 20.4. The molecule has 4 N–H and O–H groups in total. The molecule has 3 aromatic rings. The second-order valence-electron chi connectivity index (χ2n) is 12.8. The molecule has 48 heavy (non-hydrogen) atoms. The Kier molecular flexibility index (Phi) is 13.0. The van der Waals surface area contributed by atoms with Gasteiger partial charge in [-0.3, -0.25) is 9.59 Å². The van der Waals surface area contributed by atoms with E-state index in [4.69, 9.17) is 10.5 Å². The van der Waals surface area contributed by atoms with Gasteiger partial charge in [-0.05, 0) is 67.1 Å². The number of hydrogen-bond acceptors (Lipinski definition) is 8. The number of morpholine rings is 1. The monoisotopic (exact) mass is 679 g/mol. The van der Waals surface area contributed by atoms with E-state index in [-0.39, 0.29) is 49.3 Å². The van der Waals surface area contributed by atoms with E-state index in [1.54, 1.807) is 9.80 Å². The van der Waals surface area contributed by atoms with Crippen LogP contribution in [-0.2, 0) is 30.8 Å². The lowest BCUT2D eigenvalue weighted by atomic mass is 10.0. The maximum atomic E-state index is 13.9. The molecule has 11 nitrogen and oxygen atoms in total. The maximum Gasteiger partial charge on any atom is 0.243 e. The summed E-state index contributed by atoms with van der Waals surface area (Å²) in [4.78, 5) is 30.9. The van der Waals surface area contributed by atoms with E-state index in [1.807, 2.05) is 76.2 Å². The average Bonchev–Trinajstić information content (AvgIpc) is 3.05. The minimum Gasteiger partial charge on any atom is -0.399 e. The topological polar surface area (TPSA) is 146 Å². The van der Waals surface area contributed by atoms with Crippen molar-refractivity contribution in [1.82, 2.24) is 14.5 Å². The summed E-state index contributed by atoms with van der Waals surface area (Å²) in [5.74, 6) is -0.533. The Labute approximate surface area is 284 Å². The minimum absolute atomic E-state index is 0.00693. The van der Waals surface area contributed by atoms with Crippen molar-refractivity contribution >= 4 is 33.2 Å². The van der Waals surface area contributed by atoms with Gasteiger partial charge >= 0.3 is 0 Å². The molecule has 2 atom stereocenters. The van der Waals surface area contributed by atoms with Gasteiger partial charge in [-0.25, -0.2) is 8.42 Å². The number of nitrogen functional groups attached to an aromatic ring is 1. The molecule has 12 heteroatoms. The highest BCUT2D eigenvalue weighted by Crippen LogP contribution is 2.25. The first-order valence-corrected chi connectivity index (χ1v) is 17.8. The standard InChI is InChI=1S/C36H49N5O6S/c1-26(2)22-41(48(45,46)31-15-13-30(37)14-16-31)23-33(42)32(21-29-11-6-5-7-12-29)38-34(43)24-40(36-27(3)9-8-10-28(36)4)25-35(44)39-17-19-47-20-18-39/h5-16,26,32-33,42H,17-25,37H2,1-4H3,(H,38,43)/t32-,33-/m0/s1. The number of aliphatic hydroxyl groups excluding tert-OH is 1. The summed E-state index contributed by atoms with van der Waals surface area (Å²) in [5.41, 5.74) is 9.76. The summed E-state index contributed by atoms with van der Waals surface area (Å²) in [5, 5.41) is 14.7. The Hall–Kier alpha value is -3.97. The van der Waals surface area contributed by atoms with Crippen LogP contribution in [0.15, 0.2) is 77.7 Å². The quantitative estimate of drug-likeness (QED) is 0.208. The van der Waals surface area contributed by atoms with Crippen molar-refractivity contribution in [3.8, 4) is 0 Å². The van der Waals surface area contributed by atoms with E-state index < -0.39 is 28.1 Å². The summed E-state index contributed by atoms with van der Waals surface area (Å²) in [6.07, 6.45) is -0.985. The molecule has 0 saturated carbocycles. The summed E-state index contributed by atoms with van der Waals surface area (Å²) in [7, 11) is -3.99. The van der Waals surface area contributed by atoms with E-state index >= 15 is 0 Å². The fraction of sp³-hybridized carbons (Fsp3) is 0.444. The Bertz CT molecular complexity index is 1590. The molecule has 0 radical (unpaired) electrons. The number of anilines is 2. The van der Waals surface area contributed by atoms with Gasteiger partial charge in [-0.15, -0.1) is 0 Å². The van der Waals surface area contributed by atoms with Crippen LogP contribution < -0.4 is 16.0 Å². The van der Waals surface area contributed by atoms with Crippen LogP contribution >= 0.6 is 0 Å². The zero-order valence-corrected chi connectivity index (χ0v) is 29.2. The van der Waals surface area contributed by atoms with Crippen molar-refractivity contribution in [2.75, 3.05) is 63.1 Å². The zero-order chi connectivity index (χ0) is 34.8. The fourth-order valence-electron chi connectivity index (χ4n) is 5.97. The molecular weight excluding hydrogens is 630 g/mol. The zero-order valence-electron chi connectivity index (χ0n) is 28.3. The predicted molar refractivity (Wildman–Crippen MR) is 188 cm³/mol. The molecule has 0 aliphatic carbocycles.